The van der Waals surface area contributed by atoms with E-state index in [1.165, 1.54) is 0 Å². The summed E-state index contributed by atoms with van der Waals surface area (Å²) in [7, 11) is 1.80. The van der Waals surface area contributed by atoms with Crippen LogP contribution < -0.4 is 16.0 Å². The van der Waals surface area contributed by atoms with E-state index in [0.29, 0.717) is 10.8 Å². The maximum Gasteiger partial charge on any atom is 0.152 e. The van der Waals surface area contributed by atoms with Gasteiger partial charge in [-0.3, -0.25) is 4.40 Å². The topological polar surface area (TPSA) is 101 Å². The van der Waals surface area contributed by atoms with Crippen molar-refractivity contribution in [1.29, 1.82) is 0 Å². The van der Waals surface area contributed by atoms with Crippen LogP contribution in [0.25, 0.3) is 5.65 Å². The number of pyridine rings is 2. The molecule has 10 heteroatoms. The minimum atomic E-state index is -0.0880. The molecule has 2 fully saturated rings. The molecule has 0 aliphatic carbocycles. The minimum absolute atomic E-state index is 0.0533. The normalized spacial score (nSPS) is 22.1. The predicted molar refractivity (Wildman–Crippen MR) is 136 cm³/mol. The SMILES string of the molecule is CNc1nccc(Sc2c(C)cc(N3CCC4(CC3)COC(C)C4N)n3c(CO)cnc23)c1Cl. The molecule has 8 nitrogen and oxygen atoms in total. The van der Waals surface area contributed by atoms with Crippen LogP contribution in [0, 0.1) is 12.3 Å². The monoisotopic (exact) mass is 502 g/mol. The van der Waals surface area contributed by atoms with Crippen LogP contribution in [-0.4, -0.2) is 58.4 Å². The van der Waals surface area contributed by atoms with Gasteiger partial charge in [-0.1, -0.05) is 23.4 Å². The van der Waals surface area contributed by atoms with E-state index in [0.717, 1.165) is 65.1 Å². The number of ether oxygens (including phenoxy) is 1. The third-order valence-corrected chi connectivity index (χ3v) is 9.13. The average Bonchev–Trinajstić information content (AvgIpc) is 3.39. The number of aryl methyl sites for hydroxylation is 1. The van der Waals surface area contributed by atoms with Gasteiger partial charge in [0.2, 0.25) is 0 Å². The fraction of sp³-hybridized carbons (Fsp3) is 0.500. The number of nitrogens with two attached hydrogens (primary N) is 1. The molecule has 0 radical (unpaired) electrons. The van der Waals surface area contributed by atoms with Gasteiger partial charge in [0.15, 0.2) is 5.65 Å². The van der Waals surface area contributed by atoms with Crippen LogP contribution in [0.15, 0.2) is 34.3 Å². The first kappa shape index (κ1) is 23.7. The van der Waals surface area contributed by atoms with Crippen LogP contribution in [0.2, 0.25) is 5.02 Å². The van der Waals surface area contributed by atoms with E-state index in [2.05, 4.69) is 39.5 Å². The van der Waals surface area contributed by atoms with Gasteiger partial charge in [-0.15, -0.1) is 0 Å². The maximum atomic E-state index is 10.1. The van der Waals surface area contributed by atoms with Crippen molar-refractivity contribution in [3.63, 3.8) is 0 Å². The largest absolute Gasteiger partial charge is 0.390 e. The fourth-order valence-electron chi connectivity index (χ4n) is 5.22. The van der Waals surface area contributed by atoms with Crippen LogP contribution in [-0.2, 0) is 11.3 Å². The summed E-state index contributed by atoms with van der Waals surface area (Å²) in [5, 5.41) is 13.7. The van der Waals surface area contributed by atoms with Crippen LogP contribution in [0.1, 0.15) is 31.0 Å². The Morgan fingerprint density at radius 3 is 2.76 bits per heavy atom. The number of aliphatic hydroxyl groups is 1. The molecule has 0 saturated carbocycles. The molecule has 0 amide bonds. The zero-order chi connectivity index (χ0) is 24.0. The second-order valence-electron chi connectivity index (χ2n) is 9.30. The smallest absolute Gasteiger partial charge is 0.152 e. The quantitative estimate of drug-likeness (QED) is 0.485. The lowest BCUT2D eigenvalue weighted by molar-refractivity contribution is 0.0974. The Morgan fingerprint density at radius 2 is 2.12 bits per heavy atom. The summed E-state index contributed by atoms with van der Waals surface area (Å²) in [5.41, 5.74) is 9.27. The minimum Gasteiger partial charge on any atom is -0.390 e. The highest BCUT2D eigenvalue weighted by Gasteiger charge is 2.47. The van der Waals surface area contributed by atoms with Crippen LogP contribution >= 0.6 is 23.4 Å². The van der Waals surface area contributed by atoms with Crippen LogP contribution in [0.5, 0.6) is 0 Å². The van der Waals surface area contributed by atoms with Gasteiger partial charge >= 0.3 is 0 Å². The number of rotatable bonds is 5. The lowest BCUT2D eigenvalue weighted by atomic mass is 9.73. The van der Waals surface area contributed by atoms with Crippen molar-refractivity contribution >= 4 is 40.6 Å². The summed E-state index contributed by atoms with van der Waals surface area (Å²) in [6.07, 6.45) is 5.57. The Bertz CT molecular complexity index is 1210. The molecule has 0 aromatic carbocycles. The molecule has 2 aliphatic heterocycles. The number of nitrogens with zero attached hydrogens (tertiary/aromatic N) is 4. The van der Waals surface area contributed by atoms with Gasteiger partial charge < -0.3 is 25.8 Å². The van der Waals surface area contributed by atoms with Crippen LogP contribution in [0.4, 0.5) is 11.6 Å². The Balaban J connectivity index is 1.51. The molecule has 3 aromatic rings. The van der Waals surface area contributed by atoms with E-state index >= 15 is 0 Å². The van der Waals surface area contributed by atoms with Crippen molar-refractivity contribution in [3.05, 3.63) is 40.8 Å². The van der Waals surface area contributed by atoms with E-state index in [9.17, 15) is 5.11 Å². The number of fused-ring (bicyclic) bond motifs is 1. The molecule has 34 heavy (non-hydrogen) atoms. The van der Waals surface area contributed by atoms with Gasteiger partial charge in [-0.25, -0.2) is 9.97 Å². The third kappa shape index (κ3) is 3.83. The molecular formula is C24H31ClN6O2S. The Kier molecular flexibility index (Phi) is 6.41. The number of hydrogen-bond acceptors (Lipinski definition) is 8. The third-order valence-electron chi connectivity index (χ3n) is 7.37. The average molecular weight is 503 g/mol. The number of imidazole rings is 1. The highest BCUT2D eigenvalue weighted by atomic mass is 35.5. The summed E-state index contributed by atoms with van der Waals surface area (Å²) in [4.78, 5) is 13.3. The molecule has 2 saturated heterocycles. The second kappa shape index (κ2) is 9.20. The summed E-state index contributed by atoms with van der Waals surface area (Å²) in [5.74, 6) is 1.69. The van der Waals surface area contributed by atoms with E-state index in [-0.39, 0.29) is 24.2 Å². The number of nitrogens with one attached hydrogen (secondary N) is 1. The van der Waals surface area contributed by atoms with Gasteiger partial charge in [0.25, 0.3) is 0 Å². The number of anilines is 2. The van der Waals surface area contributed by atoms with Crippen LogP contribution in [0.3, 0.4) is 0 Å². The van der Waals surface area contributed by atoms with E-state index in [1.54, 1.807) is 31.2 Å². The van der Waals surface area contributed by atoms with E-state index in [4.69, 9.17) is 27.1 Å². The summed E-state index contributed by atoms with van der Waals surface area (Å²) in [6.45, 7) is 6.59. The number of hydrogen-bond donors (Lipinski definition) is 3. The Morgan fingerprint density at radius 1 is 1.35 bits per heavy atom. The van der Waals surface area contributed by atoms with Gasteiger partial charge in [-0.2, -0.15) is 0 Å². The first-order valence-corrected chi connectivity index (χ1v) is 12.8. The van der Waals surface area contributed by atoms with E-state index in [1.807, 2.05) is 6.07 Å². The number of aromatic nitrogens is 3. The van der Waals surface area contributed by atoms with Crippen molar-refractivity contribution < 1.29 is 9.84 Å². The van der Waals surface area contributed by atoms with Crippen molar-refractivity contribution in [3.8, 4) is 0 Å². The first-order chi connectivity index (χ1) is 16.4. The zero-order valence-electron chi connectivity index (χ0n) is 19.7. The molecule has 4 N–H and O–H groups in total. The summed E-state index contributed by atoms with van der Waals surface area (Å²) >= 11 is 8.15. The lowest BCUT2D eigenvalue weighted by Gasteiger charge is -2.42. The Hall–Kier alpha value is -2.04. The molecule has 2 unspecified atom stereocenters. The Labute approximate surface area is 208 Å². The standard InChI is InChI=1S/C24H31ClN6O2S/c1-14-10-18(30-8-5-24(6-9-30)13-33-15(2)21(24)26)31-16(12-32)11-29-23(31)20(14)34-17-4-7-28-22(27-3)19(17)25/h4,7,10-11,15,21,32H,5-6,8-9,12-13,26H2,1-3H3,(H,27,28). The lowest BCUT2D eigenvalue weighted by Crippen LogP contribution is -2.51. The molecule has 1 spiro atoms. The van der Waals surface area contributed by atoms with Crippen molar-refractivity contribution in [1.82, 2.24) is 14.4 Å². The molecule has 5 heterocycles. The van der Waals surface area contributed by atoms with Gasteiger partial charge in [-0.05, 0) is 44.4 Å². The first-order valence-electron chi connectivity index (χ1n) is 11.6. The molecule has 2 aliphatic rings. The summed E-state index contributed by atoms with van der Waals surface area (Å²) in [6, 6.07) is 4.17. The molecule has 2 atom stereocenters. The number of piperidine rings is 1. The number of halogens is 1. The zero-order valence-corrected chi connectivity index (χ0v) is 21.3. The van der Waals surface area contributed by atoms with Crippen molar-refractivity contribution in [2.75, 3.05) is 37.0 Å². The molecule has 3 aromatic heterocycles. The second-order valence-corrected chi connectivity index (χ2v) is 10.7. The number of aliphatic hydroxyl groups excluding tert-OH is 1. The molecular weight excluding hydrogens is 472 g/mol. The van der Waals surface area contributed by atoms with Gasteiger partial charge in [0.1, 0.15) is 11.6 Å². The maximum absolute atomic E-state index is 10.1. The van der Waals surface area contributed by atoms with Gasteiger partial charge in [0.05, 0.1) is 41.1 Å². The highest BCUT2D eigenvalue weighted by molar-refractivity contribution is 7.99. The predicted octanol–water partition coefficient (Wildman–Crippen LogP) is 3.71. The highest BCUT2D eigenvalue weighted by Crippen LogP contribution is 2.44. The van der Waals surface area contributed by atoms with Crippen molar-refractivity contribution in [2.45, 2.75) is 55.2 Å². The molecule has 182 valence electrons. The molecule has 5 rings (SSSR count). The summed E-state index contributed by atoms with van der Waals surface area (Å²) < 4.78 is 7.98. The van der Waals surface area contributed by atoms with Gasteiger partial charge in [0, 0.05) is 42.7 Å². The fourth-order valence-corrected chi connectivity index (χ4v) is 6.53. The molecule has 0 bridgehead atoms. The van der Waals surface area contributed by atoms with E-state index < -0.39 is 0 Å². The van der Waals surface area contributed by atoms with Crippen molar-refractivity contribution in [2.24, 2.45) is 11.1 Å².